The van der Waals surface area contributed by atoms with E-state index in [1.807, 2.05) is 12.1 Å². The number of nitrogens with one attached hydrogen (secondary N) is 1. The van der Waals surface area contributed by atoms with Gasteiger partial charge in [0.05, 0.1) is 4.92 Å². The summed E-state index contributed by atoms with van der Waals surface area (Å²) in [5.41, 5.74) is 1.12. The zero-order chi connectivity index (χ0) is 21.5. The van der Waals surface area contributed by atoms with E-state index in [2.05, 4.69) is 22.0 Å². The fourth-order valence-corrected chi connectivity index (χ4v) is 3.29. The Hall–Kier alpha value is -3.46. The van der Waals surface area contributed by atoms with Gasteiger partial charge < -0.3 is 19.9 Å². The van der Waals surface area contributed by atoms with Gasteiger partial charge in [0.2, 0.25) is 0 Å². The van der Waals surface area contributed by atoms with Crippen LogP contribution in [0.25, 0.3) is 0 Å². The number of benzene rings is 2. The number of nitrogens with zero attached hydrogens (tertiary/aromatic N) is 3. The molecule has 0 bridgehead atoms. The zero-order valence-corrected chi connectivity index (χ0v) is 16.7. The lowest BCUT2D eigenvalue weighted by molar-refractivity contribution is -0.385. The van der Waals surface area contributed by atoms with Crippen molar-refractivity contribution in [3.05, 3.63) is 64.2 Å². The molecule has 1 aliphatic heterocycles. The Labute approximate surface area is 174 Å². The van der Waals surface area contributed by atoms with Gasteiger partial charge in [0.15, 0.2) is 6.61 Å². The molecule has 9 nitrogen and oxygen atoms in total. The van der Waals surface area contributed by atoms with Crippen molar-refractivity contribution in [1.82, 2.24) is 4.90 Å². The first-order chi connectivity index (χ1) is 14.5. The van der Waals surface area contributed by atoms with Gasteiger partial charge in [-0.3, -0.25) is 14.9 Å². The molecule has 30 heavy (non-hydrogen) atoms. The average molecular weight is 412 g/mol. The van der Waals surface area contributed by atoms with Gasteiger partial charge in [0.25, 0.3) is 11.6 Å². The first kappa shape index (κ1) is 21.3. The maximum Gasteiger partial charge on any atom is 0.345 e. The number of amides is 1. The third kappa shape index (κ3) is 5.32. The van der Waals surface area contributed by atoms with Gasteiger partial charge >= 0.3 is 5.97 Å². The molecule has 0 radical (unpaired) electrons. The van der Waals surface area contributed by atoms with E-state index in [0.717, 1.165) is 38.4 Å². The first-order valence-corrected chi connectivity index (χ1v) is 9.75. The number of anilines is 2. The number of nitro groups is 1. The fraction of sp³-hybridized carbons (Fsp3) is 0.333. The van der Waals surface area contributed by atoms with E-state index in [1.54, 1.807) is 12.1 Å². The number of piperazine rings is 1. The van der Waals surface area contributed by atoms with Gasteiger partial charge in [-0.05, 0) is 36.9 Å². The van der Waals surface area contributed by atoms with Crippen molar-refractivity contribution in [3.63, 3.8) is 0 Å². The summed E-state index contributed by atoms with van der Waals surface area (Å²) in [6.45, 7) is 6.65. The minimum absolute atomic E-state index is 0.192. The molecule has 0 saturated carbocycles. The molecule has 1 N–H and O–H groups in total. The maximum atomic E-state index is 12.1. The van der Waals surface area contributed by atoms with Gasteiger partial charge in [0.1, 0.15) is 5.56 Å². The zero-order valence-electron chi connectivity index (χ0n) is 16.7. The minimum Gasteiger partial charge on any atom is -0.452 e. The summed E-state index contributed by atoms with van der Waals surface area (Å²) >= 11 is 0. The smallest absolute Gasteiger partial charge is 0.345 e. The Balaban J connectivity index is 1.51. The van der Waals surface area contributed by atoms with E-state index >= 15 is 0 Å². The summed E-state index contributed by atoms with van der Waals surface area (Å²) in [4.78, 5) is 39.2. The standard InChI is InChI=1S/C21H24N4O5/c1-2-23-11-13-24(14-12-23)17-9-7-16(8-10-17)22-20(26)15-30-21(27)18-5-3-4-6-19(18)25(28)29/h3-10H,2,11-15H2,1H3,(H,22,26). The van der Waals surface area contributed by atoms with E-state index in [9.17, 15) is 19.7 Å². The molecule has 1 saturated heterocycles. The predicted molar refractivity (Wildman–Crippen MR) is 113 cm³/mol. The second kappa shape index (κ2) is 9.84. The largest absolute Gasteiger partial charge is 0.452 e. The highest BCUT2D eigenvalue weighted by Crippen LogP contribution is 2.20. The van der Waals surface area contributed by atoms with Crippen LogP contribution >= 0.6 is 0 Å². The Morgan fingerprint density at radius 3 is 2.37 bits per heavy atom. The summed E-state index contributed by atoms with van der Waals surface area (Å²) in [6.07, 6.45) is 0. The van der Waals surface area contributed by atoms with Gasteiger partial charge in [-0.2, -0.15) is 0 Å². The highest BCUT2D eigenvalue weighted by Gasteiger charge is 2.21. The van der Waals surface area contributed by atoms with Crippen LogP contribution in [0.2, 0.25) is 0 Å². The summed E-state index contributed by atoms with van der Waals surface area (Å²) in [5, 5.41) is 13.6. The second-order valence-electron chi connectivity index (χ2n) is 6.87. The summed E-state index contributed by atoms with van der Waals surface area (Å²) < 4.78 is 4.92. The van der Waals surface area contributed by atoms with Crippen molar-refractivity contribution in [2.24, 2.45) is 0 Å². The molecule has 0 unspecified atom stereocenters. The molecule has 2 aromatic rings. The monoisotopic (exact) mass is 412 g/mol. The van der Waals surface area contributed by atoms with E-state index in [0.29, 0.717) is 5.69 Å². The molecule has 0 atom stereocenters. The van der Waals surface area contributed by atoms with Crippen molar-refractivity contribution in [2.45, 2.75) is 6.92 Å². The van der Waals surface area contributed by atoms with E-state index in [4.69, 9.17) is 4.74 Å². The predicted octanol–water partition coefficient (Wildman–Crippen LogP) is 2.53. The Bertz CT molecular complexity index is 908. The van der Waals surface area contributed by atoms with Crippen molar-refractivity contribution < 1.29 is 19.2 Å². The molecule has 3 rings (SSSR count). The average Bonchev–Trinajstić information content (AvgIpc) is 2.78. The number of hydrogen-bond acceptors (Lipinski definition) is 7. The van der Waals surface area contributed by atoms with Crippen LogP contribution in [0.3, 0.4) is 0 Å². The number of carbonyl (C=O) groups is 2. The Morgan fingerprint density at radius 1 is 1.07 bits per heavy atom. The molecule has 9 heteroatoms. The number of carbonyl (C=O) groups excluding carboxylic acids is 2. The van der Waals surface area contributed by atoms with Gasteiger partial charge in [-0.1, -0.05) is 19.1 Å². The SMILES string of the molecule is CCN1CCN(c2ccc(NC(=O)COC(=O)c3ccccc3[N+](=O)[O-])cc2)CC1. The normalized spacial score (nSPS) is 14.2. The molecule has 1 aliphatic rings. The molecule has 1 fully saturated rings. The number of likely N-dealkylation sites (N-methyl/N-ethyl adjacent to an activating group) is 1. The quantitative estimate of drug-likeness (QED) is 0.423. The molecular weight excluding hydrogens is 388 g/mol. The lowest BCUT2D eigenvalue weighted by atomic mass is 10.2. The van der Waals surface area contributed by atoms with E-state index < -0.39 is 23.4 Å². The fourth-order valence-electron chi connectivity index (χ4n) is 3.29. The van der Waals surface area contributed by atoms with Crippen molar-refractivity contribution >= 4 is 28.9 Å². The van der Waals surface area contributed by atoms with Gasteiger partial charge in [-0.25, -0.2) is 4.79 Å². The molecular formula is C21H24N4O5. The third-order valence-electron chi connectivity index (χ3n) is 4.99. The lowest BCUT2D eigenvalue weighted by Gasteiger charge is -2.35. The lowest BCUT2D eigenvalue weighted by Crippen LogP contribution is -2.46. The molecule has 1 amide bonds. The Kier molecular flexibility index (Phi) is 6.97. The van der Waals surface area contributed by atoms with Crippen LogP contribution in [0, 0.1) is 10.1 Å². The number of esters is 1. The van der Waals surface area contributed by atoms with E-state index in [-0.39, 0.29) is 11.3 Å². The molecule has 0 spiro atoms. The highest BCUT2D eigenvalue weighted by atomic mass is 16.6. The van der Waals surface area contributed by atoms with Crippen LogP contribution in [0.4, 0.5) is 17.1 Å². The van der Waals surface area contributed by atoms with E-state index in [1.165, 1.54) is 24.3 Å². The third-order valence-corrected chi connectivity index (χ3v) is 4.99. The number of nitro benzene ring substituents is 1. The van der Waals surface area contributed by atoms with Crippen LogP contribution in [0.1, 0.15) is 17.3 Å². The van der Waals surface area contributed by atoms with Crippen LogP contribution in [-0.2, 0) is 9.53 Å². The number of ether oxygens (including phenoxy) is 1. The molecule has 0 aromatic heterocycles. The molecule has 0 aliphatic carbocycles. The number of rotatable bonds is 7. The minimum atomic E-state index is -0.918. The summed E-state index contributed by atoms with van der Waals surface area (Å²) in [6, 6.07) is 12.9. The van der Waals surface area contributed by atoms with Crippen LogP contribution in [0.15, 0.2) is 48.5 Å². The van der Waals surface area contributed by atoms with Crippen molar-refractivity contribution in [3.8, 4) is 0 Å². The summed E-state index contributed by atoms with van der Waals surface area (Å²) in [5.74, 6) is -1.44. The number of para-hydroxylation sites is 1. The van der Waals surface area contributed by atoms with Gasteiger partial charge in [0, 0.05) is 43.6 Å². The molecule has 158 valence electrons. The second-order valence-corrected chi connectivity index (χ2v) is 6.87. The highest BCUT2D eigenvalue weighted by molar-refractivity contribution is 5.97. The van der Waals surface area contributed by atoms with Crippen LogP contribution < -0.4 is 10.2 Å². The number of hydrogen-bond donors (Lipinski definition) is 1. The van der Waals surface area contributed by atoms with Gasteiger partial charge in [-0.15, -0.1) is 0 Å². The first-order valence-electron chi connectivity index (χ1n) is 9.75. The Morgan fingerprint density at radius 2 is 1.73 bits per heavy atom. The van der Waals surface area contributed by atoms with Crippen molar-refractivity contribution in [1.29, 1.82) is 0 Å². The maximum absolute atomic E-state index is 12.1. The van der Waals surface area contributed by atoms with Crippen LogP contribution in [-0.4, -0.2) is 61.0 Å². The van der Waals surface area contributed by atoms with Crippen molar-refractivity contribution in [2.75, 3.05) is 49.5 Å². The topological polar surface area (TPSA) is 105 Å². The molecule has 2 aromatic carbocycles. The summed E-state index contributed by atoms with van der Waals surface area (Å²) in [7, 11) is 0. The molecule has 1 heterocycles. The van der Waals surface area contributed by atoms with Crippen LogP contribution in [0.5, 0.6) is 0 Å².